The quantitative estimate of drug-likeness (QED) is 0.919. The van der Waals surface area contributed by atoms with Gasteiger partial charge in [-0.3, -0.25) is 4.90 Å². The third kappa shape index (κ3) is 3.50. The van der Waals surface area contributed by atoms with Gasteiger partial charge in [0.1, 0.15) is 0 Å². The number of piperidine rings is 1. The Kier molecular flexibility index (Phi) is 4.77. The Labute approximate surface area is 131 Å². The maximum atomic E-state index is 12.3. The van der Waals surface area contributed by atoms with Crippen LogP contribution < -0.4 is 10.1 Å². The van der Waals surface area contributed by atoms with Crippen LogP contribution in [0.1, 0.15) is 24.8 Å². The number of hydrogen-bond acceptors (Lipinski definition) is 4. The fourth-order valence-electron chi connectivity index (χ4n) is 3.30. The molecule has 0 aromatic carbocycles. The lowest BCUT2D eigenvalue weighted by atomic mass is 10.00. The minimum absolute atomic E-state index is 0.0287. The zero-order valence-corrected chi connectivity index (χ0v) is 13.1. The van der Waals surface area contributed by atoms with Gasteiger partial charge in [0.15, 0.2) is 0 Å². The maximum absolute atomic E-state index is 12.3. The standard InChI is InChI=1S/C16H24N4O2/c1-22-15-10-13(5-6-17-15)11-18-16(21)20-9-8-19-7-3-2-4-14(19)12-20/h5-6,10,14H,2-4,7-9,11-12H2,1H3,(H,18,21)/t14-/m1/s1. The summed E-state index contributed by atoms with van der Waals surface area (Å²) in [4.78, 5) is 20.9. The fraction of sp³-hybridized carbons (Fsp3) is 0.625. The summed E-state index contributed by atoms with van der Waals surface area (Å²) in [6, 6.07) is 4.32. The van der Waals surface area contributed by atoms with Gasteiger partial charge in [0.25, 0.3) is 0 Å². The summed E-state index contributed by atoms with van der Waals surface area (Å²) < 4.78 is 5.10. The van der Waals surface area contributed by atoms with Crippen molar-refractivity contribution >= 4 is 6.03 Å². The topological polar surface area (TPSA) is 57.7 Å². The van der Waals surface area contributed by atoms with Crippen LogP contribution in [0.4, 0.5) is 4.79 Å². The molecule has 1 aromatic rings. The summed E-state index contributed by atoms with van der Waals surface area (Å²) in [6.45, 7) is 4.37. The van der Waals surface area contributed by atoms with Gasteiger partial charge in [0.05, 0.1) is 7.11 Å². The van der Waals surface area contributed by atoms with E-state index in [-0.39, 0.29) is 6.03 Å². The van der Waals surface area contributed by atoms with Crippen LogP contribution in [-0.2, 0) is 6.54 Å². The Bertz CT molecular complexity index is 523. The van der Waals surface area contributed by atoms with Crippen molar-refractivity contribution in [3.63, 3.8) is 0 Å². The number of carbonyl (C=O) groups is 1. The van der Waals surface area contributed by atoms with E-state index in [1.807, 2.05) is 17.0 Å². The van der Waals surface area contributed by atoms with E-state index in [0.29, 0.717) is 18.5 Å². The highest BCUT2D eigenvalue weighted by molar-refractivity contribution is 5.74. The van der Waals surface area contributed by atoms with Crippen molar-refractivity contribution in [2.75, 3.05) is 33.3 Å². The molecular formula is C16H24N4O2. The number of hydrogen-bond donors (Lipinski definition) is 1. The van der Waals surface area contributed by atoms with Crippen molar-refractivity contribution in [2.45, 2.75) is 31.8 Å². The largest absolute Gasteiger partial charge is 0.481 e. The van der Waals surface area contributed by atoms with E-state index in [1.165, 1.54) is 25.8 Å². The van der Waals surface area contributed by atoms with Crippen LogP contribution in [0.3, 0.4) is 0 Å². The second kappa shape index (κ2) is 6.96. The molecule has 0 bridgehead atoms. The van der Waals surface area contributed by atoms with Gasteiger partial charge in [-0.05, 0) is 31.0 Å². The summed E-state index contributed by atoms with van der Waals surface area (Å²) in [5, 5.41) is 3.00. The molecular weight excluding hydrogens is 280 g/mol. The van der Waals surface area contributed by atoms with Crippen LogP contribution in [-0.4, -0.2) is 60.1 Å². The molecule has 6 nitrogen and oxygen atoms in total. The highest BCUT2D eigenvalue weighted by Crippen LogP contribution is 2.21. The molecule has 1 aromatic heterocycles. The molecule has 0 unspecified atom stereocenters. The molecule has 0 saturated carbocycles. The first-order valence-electron chi connectivity index (χ1n) is 8.02. The number of carbonyl (C=O) groups excluding carboxylic acids is 1. The second-order valence-electron chi connectivity index (χ2n) is 6.00. The third-order valence-electron chi connectivity index (χ3n) is 4.58. The van der Waals surface area contributed by atoms with Gasteiger partial charge < -0.3 is 15.0 Å². The molecule has 3 heterocycles. The lowest BCUT2D eigenvalue weighted by Crippen LogP contribution is -2.57. The van der Waals surface area contributed by atoms with Crippen molar-refractivity contribution in [1.29, 1.82) is 0 Å². The van der Waals surface area contributed by atoms with E-state index in [1.54, 1.807) is 13.3 Å². The van der Waals surface area contributed by atoms with E-state index >= 15 is 0 Å². The number of urea groups is 1. The molecule has 120 valence electrons. The molecule has 2 saturated heterocycles. The predicted octanol–water partition coefficient (Wildman–Crippen LogP) is 1.47. The number of piperazine rings is 1. The van der Waals surface area contributed by atoms with E-state index in [9.17, 15) is 4.79 Å². The number of amides is 2. The number of ether oxygens (including phenoxy) is 1. The van der Waals surface area contributed by atoms with Crippen LogP contribution >= 0.6 is 0 Å². The van der Waals surface area contributed by atoms with Crippen LogP contribution in [0.5, 0.6) is 5.88 Å². The van der Waals surface area contributed by atoms with Crippen LogP contribution in [0.2, 0.25) is 0 Å². The van der Waals surface area contributed by atoms with Crippen molar-refractivity contribution in [3.05, 3.63) is 23.9 Å². The average Bonchev–Trinajstić information content (AvgIpc) is 2.59. The van der Waals surface area contributed by atoms with Gasteiger partial charge in [-0.2, -0.15) is 0 Å². The first-order valence-corrected chi connectivity index (χ1v) is 8.02. The first-order chi connectivity index (χ1) is 10.8. The van der Waals surface area contributed by atoms with Gasteiger partial charge >= 0.3 is 6.03 Å². The maximum Gasteiger partial charge on any atom is 0.317 e. The zero-order chi connectivity index (χ0) is 15.4. The Hall–Kier alpha value is -1.82. The summed E-state index contributed by atoms with van der Waals surface area (Å²) in [5.74, 6) is 0.572. The van der Waals surface area contributed by atoms with Crippen molar-refractivity contribution < 1.29 is 9.53 Å². The summed E-state index contributed by atoms with van der Waals surface area (Å²) >= 11 is 0. The first kappa shape index (κ1) is 15.1. The molecule has 2 amide bonds. The number of methoxy groups -OCH3 is 1. The molecule has 22 heavy (non-hydrogen) atoms. The average molecular weight is 304 g/mol. The Morgan fingerprint density at radius 3 is 3.18 bits per heavy atom. The second-order valence-corrected chi connectivity index (χ2v) is 6.00. The van der Waals surface area contributed by atoms with Gasteiger partial charge in [0, 0.05) is 44.5 Å². The number of fused-ring (bicyclic) bond motifs is 1. The van der Waals surface area contributed by atoms with Crippen molar-refractivity contribution in [2.24, 2.45) is 0 Å². The monoisotopic (exact) mass is 304 g/mol. The van der Waals surface area contributed by atoms with Gasteiger partial charge in [-0.15, -0.1) is 0 Å². The summed E-state index contributed by atoms with van der Waals surface area (Å²) in [7, 11) is 1.59. The van der Waals surface area contributed by atoms with Crippen LogP contribution in [0.25, 0.3) is 0 Å². The van der Waals surface area contributed by atoms with Crippen LogP contribution in [0.15, 0.2) is 18.3 Å². The highest BCUT2D eigenvalue weighted by atomic mass is 16.5. The molecule has 1 N–H and O–H groups in total. The van der Waals surface area contributed by atoms with E-state index in [4.69, 9.17) is 4.74 Å². The minimum Gasteiger partial charge on any atom is -0.481 e. The summed E-state index contributed by atoms with van der Waals surface area (Å²) in [6.07, 6.45) is 5.49. The number of pyridine rings is 1. The SMILES string of the molecule is COc1cc(CNC(=O)N2CCN3CCCC[C@@H]3C2)ccn1. The lowest BCUT2D eigenvalue weighted by Gasteiger charge is -2.43. The molecule has 2 fully saturated rings. The molecule has 3 rings (SSSR count). The highest BCUT2D eigenvalue weighted by Gasteiger charge is 2.30. The van der Waals surface area contributed by atoms with Crippen molar-refractivity contribution in [3.8, 4) is 5.88 Å². The molecule has 0 radical (unpaired) electrons. The summed E-state index contributed by atoms with van der Waals surface area (Å²) in [5.41, 5.74) is 0.997. The fourth-order valence-corrected chi connectivity index (χ4v) is 3.30. The Morgan fingerprint density at radius 1 is 1.41 bits per heavy atom. The van der Waals surface area contributed by atoms with E-state index in [2.05, 4.69) is 15.2 Å². The number of aromatic nitrogens is 1. The lowest BCUT2D eigenvalue weighted by molar-refractivity contribution is 0.0643. The van der Waals surface area contributed by atoms with Crippen LogP contribution in [0, 0.1) is 0 Å². The number of rotatable bonds is 3. The number of nitrogens with one attached hydrogen (secondary N) is 1. The zero-order valence-electron chi connectivity index (χ0n) is 13.1. The molecule has 1 atom stereocenters. The van der Waals surface area contributed by atoms with Crippen molar-refractivity contribution in [1.82, 2.24) is 20.1 Å². The Balaban J connectivity index is 1.51. The predicted molar refractivity (Wildman–Crippen MR) is 83.8 cm³/mol. The molecule has 6 heteroatoms. The van der Waals surface area contributed by atoms with E-state index in [0.717, 1.165) is 25.2 Å². The smallest absolute Gasteiger partial charge is 0.317 e. The minimum atomic E-state index is 0.0287. The normalized spacial score (nSPS) is 22.0. The van der Waals surface area contributed by atoms with Gasteiger partial charge in [0.2, 0.25) is 5.88 Å². The molecule has 0 spiro atoms. The van der Waals surface area contributed by atoms with Gasteiger partial charge in [-0.1, -0.05) is 6.42 Å². The number of nitrogens with zero attached hydrogens (tertiary/aromatic N) is 3. The molecule has 0 aliphatic carbocycles. The molecule has 2 aliphatic rings. The Morgan fingerprint density at radius 2 is 2.32 bits per heavy atom. The van der Waals surface area contributed by atoms with E-state index < -0.39 is 0 Å². The third-order valence-corrected chi connectivity index (χ3v) is 4.58. The molecule has 2 aliphatic heterocycles. The van der Waals surface area contributed by atoms with Gasteiger partial charge in [-0.25, -0.2) is 9.78 Å².